The number of ketones is 1. The van der Waals surface area contributed by atoms with Gasteiger partial charge in [-0.1, -0.05) is 12.1 Å². The number of Topliss-reactive ketones (excluding diaryl/α,β-unsaturated/α-hetero) is 1. The second kappa shape index (κ2) is 5.05. The van der Waals surface area contributed by atoms with E-state index in [2.05, 4.69) is 14.5 Å². The summed E-state index contributed by atoms with van der Waals surface area (Å²) in [5.74, 6) is -0.486. The Bertz CT molecular complexity index is 587. The fourth-order valence-corrected chi connectivity index (χ4v) is 1.51. The molecule has 0 radical (unpaired) electrons. The Morgan fingerprint density at radius 3 is 2.76 bits per heavy atom. The van der Waals surface area contributed by atoms with Crippen LogP contribution in [0.1, 0.15) is 10.5 Å². The number of rotatable bonds is 4. The average Bonchev–Trinajstić information content (AvgIpc) is 2.35. The molecule has 0 saturated heterocycles. The summed E-state index contributed by atoms with van der Waals surface area (Å²) in [5, 5.41) is 0. The molecule has 0 bridgehead atoms. The maximum atomic E-state index is 11.5. The zero-order valence-electron chi connectivity index (χ0n) is 8.61. The third kappa shape index (κ3) is 2.88. The Hall–Kier alpha value is -1.75. The van der Waals surface area contributed by atoms with E-state index in [0.29, 0.717) is 11.0 Å². The van der Waals surface area contributed by atoms with Crippen LogP contribution in [0.4, 0.5) is 0 Å². The maximum absolute atomic E-state index is 11.5. The normalized spacial score (nSPS) is 11.5. The quantitative estimate of drug-likeness (QED) is 0.653. The number of nitrogens with zero attached hydrogens (tertiary/aromatic N) is 2. The van der Waals surface area contributed by atoms with Gasteiger partial charge in [-0.3, -0.25) is 9.78 Å². The van der Waals surface area contributed by atoms with E-state index in [0.717, 1.165) is 0 Å². The van der Waals surface area contributed by atoms with Gasteiger partial charge in [0.1, 0.15) is 5.69 Å². The van der Waals surface area contributed by atoms with E-state index in [1.165, 1.54) is 6.20 Å². The summed E-state index contributed by atoms with van der Waals surface area (Å²) in [4.78, 5) is 28.1. The van der Waals surface area contributed by atoms with Crippen molar-refractivity contribution in [3.8, 4) is 0 Å². The molecule has 0 aliphatic heterocycles. The van der Waals surface area contributed by atoms with Gasteiger partial charge in [0.25, 0.3) is 0 Å². The molecule has 1 aromatic carbocycles. The molecular formula is C10H8N2O4P+. The highest BCUT2D eigenvalue weighted by Crippen LogP contribution is 2.15. The average molecular weight is 251 g/mol. The summed E-state index contributed by atoms with van der Waals surface area (Å²) in [7, 11) is -2.78. The first kappa shape index (κ1) is 11.7. The largest absolute Gasteiger partial charge is 0.695 e. The van der Waals surface area contributed by atoms with Gasteiger partial charge in [0, 0.05) is 4.57 Å². The molecule has 7 heteroatoms. The molecule has 1 unspecified atom stereocenters. The van der Waals surface area contributed by atoms with E-state index >= 15 is 0 Å². The van der Waals surface area contributed by atoms with E-state index in [1.807, 2.05) is 6.07 Å². The SMILES string of the molecule is O=C(CO[P+](=O)O)c1cnc2ccccc2n1. The van der Waals surface area contributed by atoms with Crippen LogP contribution in [0.2, 0.25) is 0 Å². The van der Waals surface area contributed by atoms with Gasteiger partial charge in [-0.05, 0) is 12.1 Å². The fraction of sp³-hybridized carbons (Fsp3) is 0.100. The smallest absolute Gasteiger partial charge is 0.290 e. The first-order valence-electron chi connectivity index (χ1n) is 4.71. The molecule has 2 aromatic rings. The summed E-state index contributed by atoms with van der Waals surface area (Å²) < 4.78 is 14.6. The van der Waals surface area contributed by atoms with Crippen molar-refractivity contribution in [2.75, 3.05) is 6.61 Å². The van der Waals surface area contributed by atoms with Gasteiger partial charge in [0.05, 0.1) is 17.2 Å². The van der Waals surface area contributed by atoms with Gasteiger partial charge in [-0.2, -0.15) is 0 Å². The molecule has 86 valence electrons. The molecule has 0 fully saturated rings. The van der Waals surface area contributed by atoms with Crippen LogP contribution >= 0.6 is 8.25 Å². The minimum Gasteiger partial charge on any atom is -0.290 e. The van der Waals surface area contributed by atoms with Crippen LogP contribution < -0.4 is 0 Å². The van der Waals surface area contributed by atoms with Crippen molar-refractivity contribution >= 4 is 25.1 Å². The van der Waals surface area contributed by atoms with Crippen molar-refractivity contribution in [1.29, 1.82) is 0 Å². The Morgan fingerprint density at radius 1 is 1.35 bits per heavy atom. The maximum Gasteiger partial charge on any atom is 0.695 e. The van der Waals surface area contributed by atoms with E-state index in [9.17, 15) is 9.36 Å². The minimum absolute atomic E-state index is 0.112. The number of hydrogen-bond acceptors (Lipinski definition) is 5. The first-order valence-corrected chi connectivity index (χ1v) is 5.84. The summed E-state index contributed by atoms with van der Waals surface area (Å²) >= 11 is 0. The lowest BCUT2D eigenvalue weighted by Gasteiger charge is -1.98. The predicted octanol–water partition coefficient (Wildman–Crippen LogP) is 1.48. The molecule has 6 nitrogen and oxygen atoms in total. The van der Waals surface area contributed by atoms with Crippen molar-refractivity contribution in [2.45, 2.75) is 0 Å². The number of para-hydroxylation sites is 2. The molecule has 0 saturated carbocycles. The van der Waals surface area contributed by atoms with Crippen LogP contribution in [0.25, 0.3) is 11.0 Å². The van der Waals surface area contributed by atoms with Crippen LogP contribution in [0.5, 0.6) is 0 Å². The van der Waals surface area contributed by atoms with Crippen molar-refractivity contribution in [2.24, 2.45) is 0 Å². The third-order valence-electron chi connectivity index (χ3n) is 2.04. The Labute approximate surface area is 97.2 Å². The third-order valence-corrected chi connectivity index (χ3v) is 2.39. The number of carbonyl (C=O) groups is 1. The lowest BCUT2D eigenvalue weighted by Crippen LogP contribution is -2.09. The number of carbonyl (C=O) groups excluding carboxylic acids is 1. The fourth-order valence-electron chi connectivity index (χ4n) is 1.28. The van der Waals surface area contributed by atoms with Gasteiger partial charge in [0.2, 0.25) is 5.78 Å². The van der Waals surface area contributed by atoms with Crippen molar-refractivity contribution < 1.29 is 18.8 Å². The van der Waals surface area contributed by atoms with Gasteiger partial charge in [-0.15, -0.1) is 9.42 Å². The minimum atomic E-state index is -2.78. The molecule has 17 heavy (non-hydrogen) atoms. The number of aromatic nitrogens is 2. The van der Waals surface area contributed by atoms with Crippen LogP contribution in [-0.2, 0) is 9.09 Å². The monoisotopic (exact) mass is 251 g/mol. The molecule has 1 atom stereocenters. The molecule has 1 aromatic heterocycles. The van der Waals surface area contributed by atoms with Crippen molar-refractivity contribution in [3.05, 3.63) is 36.2 Å². The summed E-state index contributed by atoms with van der Waals surface area (Å²) in [5.41, 5.74) is 1.38. The lowest BCUT2D eigenvalue weighted by atomic mass is 10.2. The molecular weight excluding hydrogens is 243 g/mol. The molecule has 1 N–H and O–H groups in total. The highest BCUT2D eigenvalue weighted by atomic mass is 31.1. The summed E-state index contributed by atoms with van der Waals surface area (Å²) in [6.45, 7) is -0.487. The second-order valence-corrected chi connectivity index (χ2v) is 3.91. The van der Waals surface area contributed by atoms with Crippen LogP contribution in [0.15, 0.2) is 30.5 Å². The molecule has 0 spiro atoms. The van der Waals surface area contributed by atoms with Gasteiger partial charge >= 0.3 is 8.25 Å². The second-order valence-electron chi connectivity index (χ2n) is 3.18. The molecule has 2 rings (SSSR count). The van der Waals surface area contributed by atoms with Crippen LogP contribution in [0.3, 0.4) is 0 Å². The number of benzene rings is 1. The zero-order valence-corrected chi connectivity index (χ0v) is 9.50. The molecule has 0 aliphatic carbocycles. The molecule has 0 aliphatic rings. The Morgan fingerprint density at radius 2 is 2.06 bits per heavy atom. The Kier molecular flexibility index (Phi) is 3.49. The Balaban J connectivity index is 2.24. The van der Waals surface area contributed by atoms with Gasteiger partial charge in [-0.25, -0.2) is 4.98 Å². The van der Waals surface area contributed by atoms with Gasteiger partial charge < -0.3 is 0 Å². The predicted molar refractivity (Wildman–Crippen MR) is 59.6 cm³/mol. The lowest BCUT2D eigenvalue weighted by molar-refractivity contribution is 0.0912. The van der Waals surface area contributed by atoms with Crippen molar-refractivity contribution in [1.82, 2.24) is 9.97 Å². The van der Waals surface area contributed by atoms with Crippen LogP contribution in [-0.4, -0.2) is 27.3 Å². The number of fused-ring (bicyclic) bond motifs is 1. The van der Waals surface area contributed by atoms with E-state index < -0.39 is 20.6 Å². The van der Waals surface area contributed by atoms with E-state index in [-0.39, 0.29) is 5.69 Å². The first-order chi connectivity index (χ1) is 8.16. The van der Waals surface area contributed by atoms with Gasteiger partial charge in [0.15, 0.2) is 6.61 Å². The topological polar surface area (TPSA) is 89.4 Å². The summed E-state index contributed by atoms with van der Waals surface area (Å²) in [6.07, 6.45) is 1.32. The van der Waals surface area contributed by atoms with Crippen molar-refractivity contribution in [3.63, 3.8) is 0 Å². The van der Waals surface area contributed by atoms with Crippen LogP contribution in [0, 0.1) is 0 Å². The zero-order chi connectivity index (χ0) is 12.3. The van der Waals surface area contributed by atoms with E-state index in [1.54, 1.807) is 18.2 Å². The highest BCUT2D eigenvalue weighted by molar-refractivity contribution is 7.32. The van der Waals surface area contributed by atoms with E-state index in [4.69, 9.17) is 4.89 Å². The number of hydrogen-bond donors (Lipinski definition) is 1. The molecule has 1 heterocycles. The standard InChI is InChI=1S/C10H7N2O4P/c13-10(6-16-17(14)15)9-5-11-7-3-1-2-4-8(7)12-9/h1-5H,6H2/p+1. The molecule has 0 amide bonds. The highest BCUT2D eigenvalue weighted by Gasteiger charge is 2.18. The summed E-state index contributed by atoms with van der Waals surface area (Å²) in [6, 6.07) is 7.11.